The maximum absolute atomic E-state index is 13.6. The zero-order valence-electron chi connectivity index (χ0n) is 15.5. The molecule has 0 unspecified atom stereocenters. The summed E-state index contributed by atoms with van der Waals surface area (Å²) in [5, 5.41) is 3.93. The van der Waals surface area contributed by atoms with Gasteiger partial charge in [0.1, 0.15) is 11.5 Å². The second kappa shape index (κ2) is 6.86. The molecular formula is C22H16FN3O2S. The summed E-state index contributed by atoms with van der Waals surface area (Å²) < 4.78 is 21.9. The predicted octanol–water partition coefficient (Wildman–Crippen LogP) is 5.59. The van der Waals surface area contributed by atoms with Crippen LogP contribution in [0.25, 0.3) is 21.3 Å². The molecule has 0 aliphatic carbocycles. The minimum absolute atomic E-state index is 0.256. The van der Waals surface area contributed by atoms with Crippen LogP contribution in [0.15, 0.2) is 65.3 Å². The number of fused-ring (bicyclic) bond motifs is 2. The lowest BCUT2D eigenvalue weighted by atomic mass is 10.2. The zero-order valence-corrected chi connectivity index (χ0v) is 16.3. The summed E-state index contributed by atoms with van der Waals surface area (Å²) in [4.78, 5) is 17.5. The van der Waals surface area contributed by atoms with Gasteiger partial charge in [0.2, 0.25) is 0 Å². The molecule has 5 aromatic rings. The number of nitrogens with zero attached hydrogens (tertiary/aromatic N) is 2. The molecule has 3 heterocycles. The molecule has 0 atom stereocenters. The first-order valence-electron chi connectivity index (χ1n) is 9.06. The fraction of sp³-hybridized carbons (Fsp3) is 0.0909. The lowest BCUT2D eigenvalue weighted by molar-refractivity contribution is 0.101. The summed E-state index contributed by atoms with van der Waals surface area (Å²) in [6, 6.07) is 15.5. The van der Waals surface area contributed by atoms with Gasteiger partial charge in [-0.15, -0.1) is 11.3 Å². The molecule has 0 fully saturated rings. The normalized spacial score (nSPS) is 11.4. The van der Waals surface area contributed by atoms with Crippen molar-refractivity contribution >= 4 is 44.2 Å². The number of furan rings is 1. The van der Waals surface area contributed by atoms with E-state index in [1.54, 1.807) is 35.8 Å². The number of aryl methyl sites for hydroxylation is 1. The van der Waals surface area contributed by atoms with E-state index in [4.69, 9.17) is 4.42 Å². The van der Waals surface area contributed by atoms with Gasteiger partial charge in [-0.3, -0.25) is 4.79 Å². The van der Waals surface area contributed by atoms with Gasteiger partial charge >= 0.3 is 0 Å². The smallest absolute Gasteiger partial charge is 0.272 e. The highest BCUT2D eigenvalue weighted by atomic mass is 32.1. The number of carbonyl (C=O) groups is 1. The molecule has 0 spiro atoms. The first kappa shape index (κ1) is 17.6. The third kappa shape index (κ3) is 3.30. The van der Waals surface area contributed by atoms with E-state index in [9.17, 15) is 9.18 Å². The van der Waals surface area contributed by atoms with E-state index < -0.39 is 0 Å². The molecule has 0 aliphatic rings. The second-order valence-corrected chi connectivity index (χ2v) is 8.02. The van der Waals surface area contributed by atoms with Crippen LogP contribution in [0.4, 0.5) is 10.1 Å². The Kier molecular flexibility index (Phi) is 4.17. The number of aromatic nitrogens is 2. The standard InChI is InChI=1S/C22H16FN3O2S/c1-13-24-17-6-5-16(10-21(17)29-13)25-22(27)19-11-20-18(7-8-28-20)26(19)12-14-3-2-4-15(23)9-14/h2-11H,12H2,1H3,(H,25,27). The molecule has 1 amide bonds. The van der Waals surface area contributed by atoms with Crippen LogP contribution >= 0.6 is 11.3 Å². The maximum Gasteiger partial charge on any atom is 0.272 e. The molecule has 0 saturated heterocycles. The average Bonchev–Trinajstić information content (AvgIpc) is 3.36. The Hall–Kier alpha value is -3.45. The number of hydrogen-bond acceptors (Lipinski definition) is 4. The molecule has 3 aromatic heterocycles. The summed E-state index contributed by atoms with van der Waals surface area (Å²) in [7, 11) is 0. The largest absolute Gasteiger partial charge is 0.463 e. The van der Waals surface area contributed by atoms with Gasteiger partial charge in [-0.1, -0.05) is 12.1 Å². The minimum Gasteiger partial charge on any atom is -0.463 e. The highest BCUT2D eigenvalue weighted by molar-refractivity contribution is 7.18. The molecular weight excluding hydrogens is 389 g/mol. The molecule has 7 heteroatoms. The van der Waals surface area contributed by atoms with E-state index >= 15 is 0 Å². The number of carbonyl (C=O) groups excluding carboxylic acids is 1. The van der Waals surface area contributed by atoms with Gasteiger partial charge in [-0.05, 0) is 42.8 Å². The van der Waals surface area contributed by atoms with Gasteiger partial charge in [0.25, 0.3) is 5.91 Å². The molecule has 144 valence electrons. The molecule has 0 aliphatic heterocycles. The van der Waals surface area contributed by atoms with Crippen molar-refractivity contribution in [2.75, 3.05) is 5.32 Å². The Bertz CT molecular complexity index is 1370. The number of thiazole rings is 1. The topological polar surface area (TPSA) is 60.1 Å². The van der Waals surface area contributed by atoms with E-state index in [1.807, 2.05) is 35.8 Å². The summed E-state index contributed by atoms with van der Waals surface area (Å²) >= 11 is 1.58. The SMILES string of the molecule is Cc1nc2ccc(NC(=O)c3cc4occc4n3Cc3cccc(F)c3)cc2s1. The lowest BCUT2D eigenvalue weighted by Gasteiger charge is -2.11. The first-order chi connectivity index (χ1) is 14.1. The molecule has 2 aromatic carbocycles. The first-order valence-corrected chi connectivity index (χ1v) is 9.88. The van der Waals surface area contributed by atoms with Crippen molar-refractivity contribution in [1.29, 1.82) is 0 Å². The van der Waals surface area contributed by atoms with Gasteiger partial charge in [-0.2, -0.15) is 0 Å². The molecule has 0 saturated carbocycles. The fourth-order valence-electron chi connectivity index (χ4n) is 3.47. The van der Waals surface area contributed by atoms with Gasteiger partial charge in [0, 0.05) is 24.4 Å². The second-order valence-electron chi connectivity index (χ2n) is 6.79. The lowest BCUT2D eigenvalue weighted by Crippen LogP contribution is -2.17. The monoisotopic (exact) mass is 405 g/mol. The molecule has 29 heavy (non-hydrogen) atoms. The van der Waals surface area contributed by atoms with Gasteiger partial charge in [0.15, 0.2) is 5.58 Å². The van der Waals surface area contributed by atoms with Crippen molar-refractivity contribution in [3.8, 4) is 0 Å². The fourth-order valence-corrected chi connectivity index (χ4v) is 4.33. The van der Waals surface area contributed by atoms with Crippen LogP contribution in [0.3, 0.4) is 0 Å². The van der Waals surface area contributed by atoms with Crippen molar-refractivity contribution in [2.45, 2.75) is 13.5 Å². The Morgan fingerprint density at radius 2 is 2.10 bits per heavy atom. The minimum atomic E-state index is -0.308. The van der Waals surface area contributed by atoms with Crippen LogP contribution in [0.1, 0.15) is 21.1 Å². The Balaban J connectivity index is 1.49. The van der Waals surface area contributed by atoms with E-state index in [-0.39, 0.29) is 11.7 Å². The summed E-state index contributed by atoms with van der Waals surface area (Å²) in [6.45, 7) is 2.31. The molecule has 1 N–H and O–H groups in total. The predicted molar refractivity (Wildman–Crippen MR) is 112 cm³/mol. The van der Waals surface area contributed by atoms with Gasteiger partial charge in [0.05, 0.1) is 27.0 Å². The van der Waals surface area contributed by atoms with Crippen molar-refractivity contribution in [1.82, 2.24) is 9.55 Å². The number of rotatable bonds is 4. The maximum atomic E-state index is 13.6. The van der Waals surface area contributed by atoms with Crippen LogP contribution < -0.4 is 5.32 Å². The number of nitrogens with one attached hydrogen (secondary N) is 1. The van der Waals surface area contributed by atoms with Crippen LogP contribution in [0.2, 0.25) is 0 Å². The van der Waals surface area contributed by atoms with Crippen LogP contribution in [-0.4, -0.2) is 15.5 Å². The third-order valence-electron chi connectivity index (χ3n) is 4.74. The molecule has 5 nitrogen and oxygen atoms in total. The van der Waals surface area contributed by atoms with E-state index in [0.717, 1.165) is 26.3 Å². The zero-order chi connectivity index (χ0) is 20.0. The molecule has 0 radical (unpaired) electrons. The average molecular weight is 405 g/mol. The van der Waals surface area contributed by atoms with Crippen molar-refractivity contribution in [2.24, 2.45) is 0 Å². The molecule has 5 rings (SSSR count). The van der Waals surface area contributed by atoms with Crippen LogP contribution in [0.5, 0.6) is 0 Å². The quantitative estimate of drug-likeness (QED) is 0.424. The van der Waals surface area contributed by atoms with Gasteiger partial charge in [-0.25, -0.2) is 9.37 Å². The van der Waals surface area contributed by atoms with Gasteiger partial charge < -0.3 is 14.3 Å². The number of halogens is 1. The summed E-state index contributed by atoms with van der Waals surface area (Å²) in [5.41, 5.74) is 4.22. The highest BCUT2D eigenvalue weighted by Gasteiger charge is 2.18. The van der Waals surface area contributed by atoms with E-state index in [2.05, 4.69) is 10.3 Å². The number of amides is 1. The van der Waals surface area contributed by atoms with E-state index in [0.29, 0.717) is 23.5 Å². The van der Waals surface area contributed by atoms with E-state index in [1.165, 1.54) is 12.1 Å². The Morgan fingerprint density at radius 1 is 1.21 bits per heavy atom. The Labute approximate surface area is 169 Å². The van der Waals surface area contributed by atoms with Crippen LogP contribution in [0, 0.1) is 12.7 Å². The third-order valence-corrected chi connectivity index (χ3v) is 5.67. The molecule has 0 bridgehead atoms. The number of anilines is 1. The number of benzene rings is 2. The summed E-state index contributed by atoms with van der Waals surface area (Å²) in [6.07, 6.45) is 1.58. The van der Waals surface area contributed by atoms with Crippen molar-refractivity contribution < 1.29 is 13.6 Å². The number of hydrogen-bond donors (Lipinski definition) is 1. The summed E-state index contributed by atoms with van der Waals surface area (Å²) in [5.74, 6) is -0.564. The highest BCUT2D eigenvalue weighted by Crippen LogP contribution is 2.27. The van der Waals surface area contributed by atoms with Crippen molar-refractivity contribution in [3.63, 3.8) is 0 Å². The van der Waals surface area contributed by atoms with Crippen molar-refractivity contribution in [3.05, 3.63) is 82.9 Å². The Morgan fingerprint density at radius 3 is 2.97 bits per heavy atom. The van der Waals surface area contributed by atoms with Crippen LogP contribution in [-0.2, 0) is 6.54 Å².